The molecular formula is C12H24N2O. The lowest BCUT2D eigenvalue weighted by Gasteiger charge is -2.15. The fourth-order valence-corrected chi connectivity index (χ4v) is 1.63. The first kappa shape index (κ1) is 14.0. The zero-order valence-electron chi connectivity index (χ0n) is 10.0. The van der Waals surface area contributed by atoms with Gasteiger partial charge < -0.3 is 10.6 Å². The number of amides is 2. The minimum absolute atomic E-state index is 0.0906. The zero-order chi connectivity index (χ0) is 11.5. The number of carbonyl (C=O) groups is 1. The largest absolute Gasteiger partial charge is 0.338 e. The maximum absolute atomic E-state index is 11.2. The molecule has 3 nitrogen and oxygen atoms in total. The monoisotopic (exact) mass is 212 g/mol. The fraction of sp³-hybridized carbons (Fsp3) is 0.750. The molecule has 0 fully saturated rings. The van der Waals surface area contributed by atoms with Gasteiger partial charge in [0.2, 0.25) is 0 Å². The number of urea groups is 1. The first-order chi connectivity index (χ1) is 7.24. The van der Waals surface area contributed by atoms with Crippen LogP contribution in [-0.2, 0) is 0 Å². The molecule has 88 valence electrons. The number of hydrogen-bond donors (Lipinski definition) is 2. The van der Waals surface area contributed by atoms with Crippen LogP contribution in [-0.4, -0.2) is 19.1 Å². The summed E-state index contributed by atoms with van der Waals surface area (Å²) in [4.78, 5) is 11.2. The molecular weight excluding hydrogens is 188 g/mol. The Bertz CT molecular complexity index is 174. The Kier molecular flexibility index (Phi) is 8.93. The summed E-state index contributed by atoms with van der Waals surface area (Å²) >= 11 is 0. The highest BCUT2D eigenvalue weighted by Crippen LogP contribution is 2.11. The summed E-state index contributed by atoms with van der Waals surface area (Å²) < 4.78 is 0. The molecule has 0 saturated carbocycles. The summed E-state index contributed by atoms with van der Waals surface area (Å²) in [5.41, 5.74) is 0. The molecule has 0 radical (unpaired) electrons. The van der Waals surface area contributed by atoms with Crippen molar-refractivity contribution >= 4 is 6.03 Å². The predicted molar refractivity (Wildman–Crippen MR) is 64.9 cm³/mol. The number of rotatable bonds is 8. The predicted octanol–water partition coefficient (Wildman–Crippen LogP) is 2.69. The van der Waals surface area contributed by atoms with Crippen molar-refractivity contribution in [2.75, 3.05) is 13.1 Å². The number of carbonyl (C=O) groups excluding carboxylic acids is 1. The third-order valence-electron chi connectivity index (χ3n) is 2.35. The van der Waals surface area contributed by atoms with Gasteiger partial charge in [0.15, 0.2) is 0 Å². The van der Waals surface area contributed by atoms with Crippen LogP contribution in [0.15, 0.2) is 12.7 Å². The topological polar surface area (TPSA) is 41.1 Å². The van der Waals surface area contributed by atoms with Crippen molar-refractivity contribution in [3.8, 4) is 0 Å². The number of nitrogens with one attached hydrogen (secondary N) is 2. The van der Waals surface area contributed by atoms with E-state index in [0.29, 0.717) is 12.5 Å². The van der Waals surface area contributed by atoms with E-state index in [4.69, 9.17) is 0 Å². The molecule has 15 heavy (non-hydrogen) atoms. The second-order valence-electron chi connectivity index (χ2n) is 3.82. The first-order valence-corrected chi connectivity index (χ1v) is 5.87. The Morgan fingerprint density at radius 1 is 1.27 bits per heavy atom. The Balaban J connectivity index is 3.66. The average molecular weight is 212 g/mol. The SMILES string of the molecule is C=CCNC(=O)NCC(CCC)CCC. The van der Waals surface area contributed by atoms with Crippen LogP contribution < -0.4 is 10.6 Å². The normalized spacial score (nSPS) is 10.1. The molecule has 2 N–H and O–H groups in total. The van der Waals surface area contributed by atoms with Crippen molar-refractivity contribution in [2.45, 2.75) is 39.5 Å². The molecule has 0 rings (SSSR count). The standard InChI is InChI=1S/C12H24N2O/c1-4-7-11(8-5-2)10-14-12(15)13-9-6-3/h6,11H,3-5,7-10H2,1-2H3,(H2,13,14,15). The second kappa shape index (κ2) is 9.56. The van der Waals surface area contributed by atoms with E-state index in [-0.39, 0.29) is 6.03 Å². The van der Waals surface area contributed by atoms with Gasteiger partial charge in [0.05, 0.1) is 0 Å². The molecule has 0 bridgehead atoms. The molecule has 0 aliphatic carbocycles. The van der Waals surface area contributed by atoms with Gasteiger partial charge in [-0.05, 0) is 18.8 Å². The molecule has 0 aromatic heterocycles. The van der Waals surface area contributed by atoms with Gasteiger partial charge in [-0.25, -0.2) is 4.79 Å². The van der Waals surface area contributed by atoms with Crippen molar-refractivity contribution in [1.82, 2.24) is 10.6 Å². The highest BCUT2D eigenvalue weighted by atomic mass is 16.2. The maximum atomic E-state index is 11.2. The fourth-order valence-electron chi connectivity index (χ4n) is 1.63. The van der Waals surface area contributed by atoms with Gasteiger partial charge in [-0.3, -0.25) is 0 Å². The molecule has 0 spiro atoms. The van der Waals surface area contributed by atoms with E-state index in [1.165, 1.54) is 25.7 Å². The third kappa shape index (κ3) is 8.03. The Morgan fingerprint density at radius 3 is 2.33 bits per heavy atom. The van der Waals surface area contributed by atoms with Gasteiger partial charge in [-0.2, -0.15) is 0 Å². The van der Waals surface area contributed by atoms with Crippen LogP contribution in [0, 0.1) is 5.92 Å². The lowest BCUT2D eigenvalue weighted by Crippen LogP contribution is -2.38. The van der Waals surface area contributed by atoms with Gasteiger partial charge in [0, 0.05) is 13.1 Å². The van der Waals surface area contributed by atoms with Crippen LogP contribution in [0.25, 0.3) is 0 Å². The van der Waals surface area contributed by atoms with E-state index in [9.17, 15) is 4.79 Å². The van der Waals surface area contributed by atoms with Gasteiger partial charge in [-0.1, -0.05) is 32.8 Å². The first-order valence-electron chi connectivity index (χ1n) is 5.87. The van der Waals surface area contributed by atoms with Gasteiger partial charge >= 0.3 is 6.03 Å². The van der Waals surface area contributed by atoms with Crippen molar-refractivity contribution < 1.29 is 4.79 Å². The minimum atomic E-state index is -0.0906. The van der Waals surface area contributed by atoms with Gasteiger partial charge in [0.1, 0.15) is 0 Å². The maximum Gasteiger partial charge on any atom is 0.315 e. The van der Waals surface area contributed by atoms with Crippen molar-refractivity contribution in [2.24, 2.45) is 5.92 Å². The summed E-state index contributed by atoms with van der Waals surface area (Å²) in [6.45, 7) is 9.21. The molecule has 0 aliphatic rings. The summed E-state index contributed by atoms with van der Waals surface area (Å²) in [6, 6.07) is -0.0906. The van der Waals surface area contributed by atoms with Gasteiger partial charge in [0.25, 0.3) is 0 Å². The second-order valence-corrected chi connectivity index (χ2v) is 3.82. The Labute approximate surface area is 93.3 Å². The average Bonchev–Trinajstić information content (AvgIpc) is 2.23. The van der Waals surface area contributed by atoms with Crippen molar-refractivity contribution in [1.29, 1.82) is 0 Å². The Hall–Kier alpha value is -0.990. The van der Waals surface area contributed by atoms with Crippen LogP contribution in [0.3, 0.4) is 0 Å². The van der Waals surface area contributed by atoms with Crippen LogP contribution >= 0.6 is 0 Å². The van der Waals surface area contributed by atoms with Crippen LogP contribution in [0.4, 0.5) is 4.79 Å². The smallest absolute Gasteiger partial charge is 0.315 e. The highest BCUT2D eigenvalue weighted by molar-refractivity contribution is 5.73. The van der Waals surface area contributed by atoms with Gasteiger partial charge in [-0.15, -0.1) is 6.58 Å². The lowest BCUT2D eigenvalue weighted by atomic mass is 9.98. The van der Waals surface area contributed by atoms with E-state index < -0.39 is 0 Å². The van der Waals surface area contributed by atoms with Crippen LogP contribution in [0.5, 0.6) is 0 Å². The van der Waals surface area contributed by atoms with Crippen molar-refractivity contribution in [3.05, 3.63) is 12.7 Å². The summed E-state index contributed by atoms with van der Waals surface area (Å²) in [6.07, 6.45) is 6.42. The molecule has 3 heteroatoms. The molecule has 2 amide bonds. The van der Waals surface area contributed by atoms with E-state index in [0.717, 1.165) is 6.54 Å². The molecule has 0 unspecified atom stereocenters. The molecule has 0 aromatic carbocycles. The van der Waals surface area contributed by atoms with Crippen LogP contribution in [0.1, 0.15) is 39.5 Å². The summed E-state index contributed by atoms with van der Waals surface area (Å²) in [7, 11) is 0. The zero-order valence-corrected chi connectivity index (χ0v) is 10.0. The van der Waals surface area contributed by atoms with Crippen molar-refractivity contribution in [3.63, 3.8) is 0 Å². The van der Waals surface area contributed by atoms with E-state index in [1.54, 1.807) is 6.08 Å². The molecule has 0 aliphatic heterocycles. The molecule has 0 heterocycles. The lowest BCUT2D eigenvalue weighted by molar-refractivity contribution is 0.239. The Morgan fingerprint density at radius 2 is 1.87 bits per heavy atom. The highest BCUT2D eigenvalue weighted by Gasteiger charge is 2.07. The quantitative estimate of drug-likeness (QED) is 0.597. The van der Waals surface area contributed by atoms with E-state index >= 15 is 0 Å². The minimum Gasteiger partial charge on any atom is -0.338 e. The van der Waals surface area contributed by atoms with E-state index in [2.05, 4.69) is 31.1 Å². The third-order valence-corrected chi connectivity index (χ3v) is 2.35. The molecule has 0 atom stereocenters. The molecule has 0 saturated heterocycles. The summed E-state index contributed by atoms with van der Waals surface area (Å²) in [5.74, 6) is 0.620. The van der Waals surface area contributed by atoms with Crippen LogP contribution in [0.2, 0.25) is 0 Å². The molecule has 0 aromatic rings. The number of hydrogen-bond acceptors (Lipinski definition) is 1. The van der Waals surface area contributed by atoms with E-state index in [1.807, 2.05) is 0 Å². The summed E-state index contributed by atoms with van der Waals surface area (Å²) in [5, 5.41) is 5.59.